The van der Waals surface area contributed by atoms with Gasteiger partial charge >= 0.3 is 0 Å². The smallest absolute Gasteiger partial charge is 0.0643 e. The van der Waals surface area contributed by atoms with Gasteiger partial charge in [0.1, 0.15) is 0 Å². The lowest BCUT2D eigenvalue weighted by molar-refractivity contribution is 1.34. The van der Waals surface area contributed by atoms with Crippen molar-refractivity contribution < 1.29 is 0 Å². The number of anilines is 2. The summed E-state index contributed by atoms with van der Waals surface area (Å²) < 4.78 is 0. The van der Waals surface area contributed by atoms with Gasteiger partial charge in [-0.3, -0.25) is 0 Å². The van der Waals surface area contributed by atoms with E-state index in [-0.39, 0.29) is 0 Å². The van der Waals surface area contributed by atoms with Gasteiger partial charge in [0.05, 0.1) is 10.7 Å². The molecule has 2 aromatic rings. The monoisotopic (exact) mass is 245 g/mol. The van der Waals surface area contributed by atoms with Crippen LogP contribution < -0.4 is 5.32 Å². The molecule has 1 nitrogen and oxygen atoms in total. The second-order valence-electron chi connectivity index (χ2n) is 4.32. The summed E-state index contributed by atoms with van der Waals surface area (Å²) in [5.41, 5.74) is 5.74. The van der Waals surface area contributed by atoms with Crippen LogP contribution >= 0.6 is 11.6 Å². The Morgan fingerprint density at radius 3 is 1.76 bits per heavy atom. The average Bonchev–Trinajstić information content (AvgIpc) is 2.27. The number of aryl methyl sites for hydroxylation is 3. The van der Waals surface area contributed by atoms with E-state index in [9.17, 15) is 0 Å². The average molecular weight is 246 g/mol. The van der Waals surface area contributed by atoms with E-state index >= 15 is 0 Å². The van der Waals surface area contributed by atoms with Crippen molar-refractivity contribution >= 4 is 23.0 Å². The van der Waals surface area contributed by atoms with Crippen molar-refractivity contribution in [2.75, 3.05) is 5.32 Å². The first-order valence-electron chi connectivity index (χ1n) is 5.68. The molecule has 2 aromatic carbocycles. The molecule has 1 N–H and O–H groups in total. The van der Waals surface area contributed by atoms with Crippen LogP contribution in [0.4, 0.5) is 11.4 Å². The number of para-hydroxylation sites is 2. The minimum absolute atomic E-state index is 0.757. The highest BCUT2D eigenvalue weighted by atomic mass is 35.5. The molecule has 0 saturated heterocycles. The summed E-state index contributed by atoms with van der Waals surface area (Å²) in [6, 6.07) is 12.2. The first-order valence-corrected chi connectivity index (χ1v) is 6.05. The minimum Gasteiger partial charge on any atom is -0.354 e. The molecule has 0 aliphatic carbocycles. The Morgan fingerprint density at radius 2 is 1.24 bits per heavy atom. The van der Waals surface area contributed by atoms with Gasteiger partial charge in [0.2, 0.25) is 0 Å². The molecule has 0 bridgehead atoms. The number of hydrogen-bond donors (Lipinski definition) is 1. The molecule has 0 saturated carbocycles. The van der Waals surface area contributed by atoms with E-state index < -0.39 is 0 Å². The Morgan fingerprint density at radius 1 is 0.765 bits per heavy atom. The van der Waals surface area contributed by atoms with Crippen LogP contribution in [0.25, 0.3) is 0 Å². The molecule has 0 aromatic heterocycles. The van der Waals surface area contributed by atoms with Crippen LogP contribution in [0.2, 0.25) is 5.02 Å². The van der Waals surface area contributed by atoms with Gasteiger partial charge in [-0.15, -0.1) is 0 Å². The van der Waals surface area contributed by atoms with Gasteiger partial charge in [0.15, 0.2) is 0 Å². The molecule has 2 rings (SSSR count). The Bertz CT molecular complexity index is 457. The standard InChI is InChI=1S/C15H16ClN/c1-10-6-4-7-11(2)14(10)17-15-12(3)8-5-9-13(15)16/h4-9,17H,1-3H3. The number of benzene rings is 2. The van der Waals surface area contributed by atoms with Crippen LogP contribution in [0.15, 0.2) is 36.4 Å². The number of halogens is 1. The molecule has 0 spiro atoms. The predicted molar refractivity (Wildman–Crippen MR) is 75.4 cm³/mol. The summed E-state index contributed by atoms with van der Waals surface area (Å²) >= 11 is 6.22. The molecule has 2 heteroatoms. The second kappa shape index (κ2) is 4.80. The Kier molecular flexibility index (Phi) is 3.39. The number of hydrogen-bond acceptors (Lipinski definition) is 1. The van der Waals surface area contributed by atoms with Gasteiger partial charge < -0.3 is 5.32 Å². The predicted octanol–water partition coefficient (Wildman–Crippen LogP) is 5.01. The molecule has 0 fully saturated rings. The third-order valence-electron chi connectivity index (χ3n) is 2.95. The third kappa shape index (κ3) is 2.45. The van der Waals surface area contributed by atoms with E-state index in [4.69, 9.17) is 11.6 Å². The summed E-state index contributed by atoms with van der Waals surface area (Å²) in [6.45, 7) is 6.25. The number of rotatable bonds is 2. The Hall–Kier alpha value is -1.47. The van der Waals surface area contributed by atoms with Crippen LogP contribution in [0.3, 0.4) is 0 Å². The summed E-state index contributed by atoms with van der Waals surface area (Å²) in [5.74, 6) is 0. The van der Waals surface area contributed by atoms with Crippen molar-refractivity contribution in [3.05, 3.63) is 58.1 Å². The van der Waals surface area contributed by atoms with Crippen LogP contribution in [0.1, 0.15) is 16.7 Å². The largest absolute Gasteiger partial charge is 0.354 e. The lowest BCUT2D eigenvalue weighted by Crippen LogP contribution is -1.98. The molecule has 0 unspecified atom stereocenters. The summed E-state index contributed by atoms with van der Waals surface area (Å²) in [5, 5.41) is 4.20. The third-order valence-corrected chi connectivity index (χ3v) is 3.27. The van der Waals surface area contributed by atoms with Crippen molar-refractivity contribution in [1.29, 1.82) is 0 Å². The zero-order valence-electron chi connectivity index (χ0n) is 10.3. The molecule has 0 amide bonds. The van der Waals surface area contributed by atoms with Crippen molar-refractivity contribution in [3.8, 4) is 0 Å². The van der Waals surface area contributed by atoms with E-state index in [1.54, 1.807) is 0 Å². The Labute approximate surface area is 107 Å². The van der Waals surface area contributed by atoms with Crippen molar-refractivity contribution in [3.63, 3.8) is 0 Å². The zero-order chi connectivity index (χ0) is 12.4. The molecule has 88 valence electrons. The SMILES string of the molecule is Cc1cccc(C)c1Nc1c(C)cccc1Cl. The van der Waals surface area contributed by atoms with Crippen LogP contribution in [0.5, 0.6) is 0 Å². The lowest BCUT2D eigenvalue weighted by atomic mass is 10.1. The topological polar surface area (TPSA) is 12.0 Å². The summed E-state index contributed by atoms with van der Waals surface area (Å²) in [6.07, 6.45) is 0. The molecular weight excluding hydrogens is 230 g/mol. The quantitative estimate of drug-likeness (QED) is 0.784. The molecule has 0 aliphatic heterocycles. The zero-order valence-corrected chi connectivity index (χ0v) is 11.1. The highest BCUT2D eigenvalue weighted by Crippen LogP contribution is 2.31. The fourth-order valence-corrected chi connectivity index (χ4v) is 2.20. The first-order chi connectivity index (χ1) is 8.09. The molecule has 0 radical (unpaired) electrons. The fraction of sp³-hybridized carbons (Fsp3) is 0.200. The van der Waals surface area contributed by atoms with E-state index in [0.29, 0.717) is 0 Å². The maximum absolute atomic E-state index is 6.22. The maximum Gasteiger partial charge on any atom is 0.0643 e. The summed E-state index contributed by atoms with van der Waals surface area (Å²) in [4.78, 5) is 0. The van der Waals surface area contributed by atoms with Gasteiger partial charge in [-0.2, -0.15) is 0 Å². The van der Waals surface area contributed by atoms with Crippen LogP contribution in [-0.4, -0.2) is 0 Å². The Balaban J connectivity index is 2.45. The van der Waals surface area contributed by atoms with Crippen LogP contribution in [0, 0.1) is 20.8 Å². The van der Waals surface area contributed by atoms with Gasteiger partial charge in [-0.05, 0) is 43.5 Å². The second-order valence-corrected chi connectivity index (χ2v) is 4.73. The van der Waals surface area contributed by atoms with Crippen molar-refractivity contribution in [1.82, 2.24) is 0 Å². The van der Waals surface area contributed by atoms with Gasteiger partial charge in [-0.25, -0.2) is 0 Å². The normalized spacial score (nSPS) is 10.4. The minimum atomic E-state index is 0.757. The summed E-state index contributed by atoms with van der Waals surface area (Å²) in [7, 11) is 0. The molecule has 0 atom stereocenters. The van der Waals surface area contributed by atoms with Gasteiger partial charge in [-0.1, -0.05) is 41.9 Å². The van der Waals surface area contributed by atoms with Crippen molar-refractivity contribution in [2.45, 2.75) is 20.8 Å². The van der Waals surface area contributed by atoms with Gasteiger partial charge in [0.25, 0.3) is 0 Å². The van der Waals surface area contributed by atoms with E-state index in [0.717, 1.165) is 22.0 Å². The number of nitrogens with one attached hydrogen (secondary N) is 1. The first kappa shape index (κ1) is 12.0. The van der Waals surface area contributed by atoms with E-state index in [1.165, 1.54) is 11.1 Å². The molecule has 0 heterocycles. The maximum atomic E-state index is 6.22. The lowest BCUT2D eigenvalue weighted by Gasteiger charge is -2.15. The molecule has 17 heavy (non-hydrogen) atoms. The highest BCUT2D eigenvalue weighted by molar-refractivity contribution is 6.33. The highest BCUT2D eigenvalue weighted by Gasteiger charge is 2.07. The van der Waals surface area contributed by atoms with Gasteiger partial charge in [0, 0.05) is 5.69 Å². The molecular formula is C15H16ClN. The van der Waals surface area contributed by atoms with Crippen LogP contribution in [-0.2, 0) is 0 Å². The fourth-order valence-electron chi connectivity index (χ4n) is 1.93. The molecule has 0 aliphatic rings. The van der Waals surface area contributed by atoms with E-state index in [2.05, 4.69) is 50.4 Å². The van der Waals surface area contributed by atoms with E-state index in [1.807, 2.05) is 12.1 Å². The van der Waals surface area contributed by atoms with Crippen molar-refractivity contribution in [2.24, 2.45) is 0 Å².